The zero-order valence-electron chi connectivity index (χ0n) is 18.3. The summed E-state index contributed by atoms with van der Waals surface area (Å²) in [6.45, 7) is 2.93. The van der Waals surface area contributed by atoms with E-state index < -0.39 is 0 Å². The van der Waals surface area contributed by atoms with E-state index in [1.54, 1.807) is 12.1 Å². The number of amides is 2. The molecular formula is C26H21BrClNO4S. The summed E-state index contributed by atoms with van der Waals surface area (Å²) in [4.78, 5) is 27.1. The Labute approximate surface area is 215 Å². The van der Waals surface area contributed by atoms with E-state index in [2.05, 4.69) is 15.9 Å². The molecule has 1 heterocycles. The molecule has 0 aromatic heterocycles. The van der Waals surface area contributed by atoms with Gasteiger partial charge in [-0.3, -0.25) is 14.5 Å². The normalized spacial score (nSPS) is 14.7. The number of rotatable bonds is 8. The number of carbonyl (C=O) groups is 2. The van der Waals surface area contributed by atoms with E-state index >= 15 is 0 Å². The largest absolute Gasteiger partial charge is 0.490 e. The second-order valence-electron chi connectivity index (χ2n) is 7.41. The second-order valence-corrected chi connectivity index (χ2v) is 9.70. The van der Waals surface area contributed by atoms with Crippen LogP contribution in [0.15, 0.2) is 76.1 Å². The van der Waals surface area contributed by atoms with Crippen molar-refractivity contribution in [1.29, 1.82) is 0 Å². The molecule has 1 fully saturated rings. The first-order valence-electron chi connectivity index (χ1n) is 10.6. The van der Waals surface area contributed by atoms with Crippen molar-refractivity contribution in [2.45, 2.75) is 20.1 Å². The zero-order chi connectivity index (χ0) is 24.1. The van der Waals surface area contributed by atoms with Gasteiger partial charge in [-0.25, -0.2) is 0 Å². The smallest absolute Gasteiger partial charge is 0.293 e. The maximum atomic E-state index is 12.9. The number of nitrogens with zero attached hydrogens (tertiary/aromatic N) is 1. The van der Waals surface area contributed by atoms with Gasteiger partial charge in [0.15, 0.2) is 11.5 Å². The molecule has 0 spiro atoms. The van der Waals surface area contributed by atoms with Crippen molar-refractivity contribution in [3.8, 4) is 11.5 Å². The summed E-state index contributed by atoms with van der Waals surface area (Å²) in [5, 5.41) is 0.379. The fraction of sp³-hybridized carbons (Fsp3) is 0.154. The molecule has 0 N–H and O–H groups in total. The van der Waals surface area contributed by atoms with E-state index in [1.807, 2.05) is 67.6 Å². The molecule has 0 atom stereocenters. The molecule has 1 aliphatic rings. The molecule has 0 bridgehead atoms. The predicted molar refractivity (Wildman–Crippen MR) is 139 cm³/mol. The molecule has 0 saturated carbocycles. The molecule has 34 heavy (non-hydrogen) atoms. The first-order valence-corrected chi connectivity index (χ1v) is 12.6. The minimum atomic E-state index is -0.313. The Hall–Kier alpha value is -2.74. The number of carbonyl (C=O) groups excluding carboxylic acids is 2. The van der Waals surface area contributed by atoms with Gasteiger partial charge in [0.2, 0.25) is 0 Å². The fourth-order valence-electron chi connectivity index (χ4n) is 3.33. The molecule has 0 unspecified atom stereocenters. The number of thioether (sulfide) groups is 1. The molecule has 3 aromatic rings. The number of hydrogen-bond donors (Lipinski definition) is 0. The first kappa shape index (κ1) is 24.4. The van der Waals surface area contributed by atoms with E-state index in [1.165, 1.54) is 4.90 Å². The van der Waals surface area contributed by atoms with Gasteiger partial charge in [-0.15, -0.1) is 0 Å². The van der Waals surface area contributed by atoms with E-state index in [0.29, 0.717) is 34.6 Å². The van der Waals surface area contributed by atoms with E-state index in [0.717, 1.165) is 32.9 Å². The standard InChI is InChI=1S/C26H21BrClNO4S/c1-2-32-23-13-18(9-12-22(23)33-16-17-7-10-20(28)11-8-17)14-24-25(30)29(26(31)34-24)15-19-5-3-4-6-21(19)27/h3-14H,2,15-16H2,1H3/b24-14+. The summed E-state index contributed by atoms with van der Waals surface area (Å²) in [5.74, 6) is 0.848. The minimum Gasteiger partial charge on any atom is -0.490 e. The summed E-state index contributed by atoms with van der Waals surface area (Å²) < 4.78 is 12.6. The minimum absolute atomic E-state index is 0.213. The second kappa shape index (κ2) is 11.1. The van der Waals surface area contributed by atoms with Gasteiger partial charge in [0, 0.05) is 9.50 Å². The van der Waals surface area contributed by atoms with E-state index in [9.17, 15) is 9.59 Å². The van der Waals surface area contributed by atoms with Crippen LogP contribution < -0.4 is 9.47 Å². The van der Waals surface area contributed by atoms with Crippen molar-refractivity contribution >= 4 is 56.5 Å². The Kier molecular flexibility index (Phi) is 7.98. The lowest BCUT2D eigenvalue weighted by Crippen LogP contribution is -2.27. The highest BCUT2D eigenvalue weighted by molar-refractivity contribution is 9.10. The van der Waals surface area contributed by atoms with E-state index in [-0.39, 0.29) is 17.7 Å². The highest BCUT2D eigenvalue weighted by atomic mass is 79.9. The van der Waals surface area contributed by atoms with Crippen LogP contribution in [-0.4, -0.2) is 22.7 Å². The zero-order valence-corrected chi connectivity index (χ0v) is 21.5. The van der Waals surface area contributed by atoms with Crippen LogP contribution in [-0.2, 0) is 17.9 Å². The fourth-order valence-corrected chi connectivity index (χ4v) is 4.70. The van der Waals surface area contributed by atoms with Gasteiger partial charge >= 0.3 is 0 Å². The van der Waals surface area contributed by atoms with Crippen molar-refractivity contribution in [2.75, 3.05) is 6.61 Å². The van der Waals surface area contributed by atoms with Crippen LogP contribution in [0, 0.1) is 0 Å². The van der Waals surface area contributed by atoms with Gasteiger partial charge in [-0.2, -0.15) is 0 Å². The maximum absolute atomic E-state index is 12.9. The van der Waals surface area contributed by atoms with Gasteiger partial charge in [0.05, 0.1) is 18.1 Å². The number of imide groups is 1. The number of halogens is 2. The SMILES string of the molecule is CCOc1cc(/C=C2/SC(=O)N(Cc3ccccc3Br)C2=O)ccc1OCc1ccc(Cl)cc1. The summed E-state index contributed by atoms with van der Waals surface area (Å²) in [7, 11) is 0. The van der Waals surface area contributed by atoms with Crippen LogP contribution in [0.4, 0.5) is 4.79 Å². The molecule has 4 rings (SSSR count). The van der Waals surface area contributed by atoms with Gasteiger partial charge in [0.1, 0.15) is 6.61 Å². The molecule has 8 heteroatoms. The van der Waals surface area contributed by atoms with Crippen molar-refractivity contribution in [1.82, 2.24) is 4.90 Å². The Morgan fingerprint density at radius 3 is 2.50 bits per heavy atom. The molecule has 3 aromatic carbocycles. The first-order chi connectivity index (χ1) is 16.4. The number of benzene rings is 3. The molecule has 5 nitrogen and oxygen atoms in total. The summed E-state index contributed by atoms with van der Waals surface area (Å²) in [6.07, 6.45) is 1.70. The summed E-state index contributed by atoms with van der Waals surface area (Å²) in [6, 6.07) is 20.4. The van der Waals surface area contributed by atoms with Crippen LogP contribution >= 0.6 is 39.3 Å². The molecule has 1 saturated heterocycles. The summed E-state index contributed by atoms with van der Waals surface area (Å²) in [5.41, 5.74) is 2.59. The molecule has 2 amide bonds. The maximum Gasteiger partial charge on any atom is 0.293 e. The van der Waals surface area contributed by atoms with Crippen molar-refractivity contribution in [3.63, 3.8) is 0 Å². The quantitative estimate of drug-likeness (QED) is 0.271. The van der Waals surface area contributed by atoms with E-state index in [4.69, 9.17) is 21.1 Å². The van der Waals surface area contributed by atoms with Gasteiger partial charge in [-0.1, -0.05) is 63.9 Å². The molecule has 174 valence electrons. The highest BCUT2D eigenvalue weighted by Gasteiger charge is 2.35. The van der Waals surface area contributed by atoms with Gasteiger partial charge < -0.3 is 9.47 Å². The molecule has 0 radical (unpaired) electrons. The van der Waals surface area contributed by atoms with Gasteiger partial charge in [-0.05, 0) is 71.8 Å². The number of hydrogen-bond acceptors (Lipinski definition) is 5. The third-order valence-electron chi connectivity index (χ3n) is 5.03. The lowest BCUT2D eigenvalue weighted by Gasteiger charge is -2.14. The molecular weight excluding hydrogens is 538 g/mol. The predicted octanol–water partition coefficient (Wildman–Crippen LogP) is 7.32. The Morgan fingerprint density at radius 1 is 1.00 bits per heavy atom. The van der Waals surface area contributed by atoms with Crippen LogP contribution in [0.1, 0.15) is 23.6 Å². The molecule has 0 aliphatic carbocycles. The Morgan fingerprint density at radius 2 is 1.76 bits per heavy atom. The van der Waals surface area contributed by atoms with Gasteiger partial charge in [0.25, 0.3) is 11.1 Å². The van der Waals surface area contributed by atoms with Crippen LogP contribution in [0.25, 0.3) is 6.08 Å². The highest BCUT2D eigenvalue weighted by Crippen LogP contribution is 2.36. The van der Waals surface area contributed by atoms with Crippen LogP contribution in [0.5, 0.6) is 11.5 Å². The monoisotopic (exact) mass is 557 g/mol. The Bertz CT molecular complexity index is 1250. The van der Waals surface area contributed by atoms with Crippen molar-refractivity contribution in [3.05, 3.63) is 97.8 Å². The third kappa shape index (κ3) is 5.84. The van der Waals surface area contributed by atoms with Crippen LogP contribution in [0.2, 0.25) is 5.02 Å². The summed E-state index contributed by atoms with van der Waals surface area (Å²) >= 11 is 10.3. The Balaban J connectivity index is 1.51. The number of ether oxygens (including phenoxy) is 2. The average molecular weight is 559 g/mol. The molecule has 1 aliphatic heterocycles. The topological polar surface area (TPSA) is 55.8 Å². The lowest BCUT2D eigenvalue weighted by atomic mass is 10.1. The third-order valence-corrected chi connectivity index (χ3v) is 6.97. The lowest BCUT2D eigenvalue weighted by molar-refractivity contribution is -0.123. The van der Waals surface area contributed by atoms with Crippen LogP contribution in [0.3, 0.4) is 0 Å². The van der Waals surface area contributed by atoms with Crippen molar-refractivity contribution < 1.29 is 19.1 Å². The van der Waals surface area contributed by atoms with Crippen molar-refractivity contribution in [2.24, 2.45) is 0 Å². The average Bonchev–Trinajstić information content (AvgIpc) is 3.08.